The fourth-order valence-corrected chi connectivity index (χ4v) is 4.76. The molecule has 0 saturated heterocycles. The second-order valence-corrected chi connectivity index (χ2v) is 9.04. The molecular weight excluding hydrogens is 446 g/mol. The van der Waals surface area contributed by atoms with Gasteiger partial charge in [-0.05, 0) is 54.7 Å². The Bertz CT molecular complexity index is 1100. The van der Waals surface area contributed by atoms with Crippen molar-refractivity contribution in [3.8, 4) is 5.69 Å². The Balaban J connectivity index is 1.59. The van der Waals surface area contributed by atoms with Crippen LogP contribution in [0.4, 0.5) is 5.82 Å². The molecule has 4 aromatic rings. The minimum absolute atomic E-state index is 0.281. The molecular formula is C27H26BrN3. The summed E-state index contributed by atoms with van der Waals surface area (Å²) in [6.07, 6.45) is 4.35. The van der Waals surface area contributed by atoms with Gasteiger partial charge in [-0.3, -0.25) is 0 Å². The van der Waals surface area contributed by atoms with Crippen LogP contribution in [-0.2, 0) is 12.8 Å². The van der Waals surface area contributed by atoms with Crippen molar-refractivity contribution in [3.63, 3.8) is 0 Å². The molecule has 0 spiro atoms. The van der Waals surface area contributed by atoms with Crippen LogP contribution in [0.5, 0.6) is 0 Å². The lowest BCUT2D eigenvalue weighted by molar-refractivity contribution is 0.727. The zero-order valence-electron chi connectivity index (χ0n) is 17.5. The van der Waals surface area contributed by atoms with Crippen LogP contribution >= 0.6 is 15.9 Å². The lowest BCUT2D eigenvalue weighted by atomic mass is 9.86. The van der Waals surface area contributed by atoms with E-state index >= 15 is 0 Å². The van der Waals surface area contributed by atoms with E-state index in [4.69, 9.17) is 5.10 Å². The van der Waals surface area contributed by atoms with E-state index in [0.717, 1.165) is 35.4 Å². The third-order valence-corrected chi connectivity index (χ3v) is 6.61. The number of aromatic nitrogens is 2. The van der Waals surface area contributed by atoms with Gasteiger partial charge in [0, 0.05) is 28.9 Å². The van der Waals surface area contributed by atoms with Gasteiger partial charge in [-0.25, -0.2) is 4.68 Å². The molecule has 0 bridgehead atoms. The van der Waals surface area contributed by atoms with E-state index in [1.54, 1.807) is 0 Å². The second-order valence-electron chi connectivity index (χ2n) is 8.12. The zero-order valence-corrected chi connectivity index (χ0v) is 19.1. The number of hydrogen-bond donors (Lipinski definition) is 1. The van der Waals surface area contributed by atoms with Gasteiger partial charge in [-0.1, -0.05) is 76.6 Å². The highest BCUT2D eigenvalue weighted by Gasteiger charge is 2.24. The monoisotopic (exact) mass is 471 g/mol. The minimum atomic E-state index is 0.281. The standard InChI is InChI=1S/C27H26BrN3/c28-22-14-16-23(17-15-22)31-27-24(13-7-8-18-29-27)26(30-31)19-25(20-9-3-1-4-10-20)21-11-5-2-6-12-21/h1-6,9-12,14-17,25,29H,7-8,13,18-19H2. The van der Waals surface area contributed by atoms with Crippen molar-refractivity contribution in [3.05, 3.63) is 112 Å². The third kappa shape index (κ3) is 4.31. The zero-order chi connectivity index (χ0) is 21.0. The summed E-state index contributed by atoms with van der Waals surface area (Å²) >= 11 is 3.55. The Kier molecular flexibility index (Phi) is 5.90. The van der Waals surface area contributed by atoms with E-state index in [1.165, 1.54) is 35.2 Å². The highest BCUT2D eigenvalue weighted by atomic mass is 79.9. The van der Waals surface area contributed by atoms with Gasteiger partial charge < -0.3 is 5.32 Å². The predicted octanol–water partition coefficient (Wildman–Crippen LogP) is 6.76. The Morgan fingerprint density at radius 2 is 1.48 bits per heavy atom. The van der Waals surface area contributed by atoms with Crippen LogP contribution in [0, 0.1) is 0 Å². The van der Waals surface area contributed by atoms with Gasteiger partial charge >= 0.3 is 0 Å². The summed E-state index contributed by atoms with van der Waals surface area (Å²) < 4.78 is 3.19. The fourth-order valence-electron chi connectivity index (χ4n) is 4.50. The molecule has 0 radical (unpaired) electrons. The number of benzene rings is 3. The maximum Gasteiger partial charge on any atom is 0.133 e. The average molecular weight is 472 g/mol. The van der Waals surface area contributed by atoms with Crippen LogP contribution in [-0.4, -0.2) is 16.3 Å². The highest BCUT2D eigenvalue weighted by Crippen LogP contribution is 2.34. The van der Waals surface area contributed by atoms with E-state index < -0.39 is 0 Å². The molecule has 0 aliphatic carbocycles. The van der Waals surface area contributed by atoms with Gasteiger partial charge in [-0.15, -0.1) is 0 Å². The summed E-state index contributed by atoms with van der Waals surface area (Å²) in [7, 11) is 0. The maximum absolute atomic E-state index is 5.16. The van der Waals surface area contributed by atoms with Gasteiger partial charge in [0.25, 0.3) is 0 Å². The Morgan fingerprint density at radius 3 is 2.13 bits per heavy atom. The molecule has 0 fully saturated rings. The van der Waals surface area contributed by atoms with Crippen molar-refractivity contribution >= 4 is 21.7 Å². The van der Waals surface area contributed by atoms with Crippen molar-refractivity contribution in [1.82, 2.24) is 9.78 Å². The topological polar surface area (TPSA) is 29.9 Å². The number of halogens is 1. The first-order chi connectivity index (χ1) is 15.3. The number of anilines is 1. The minimum Gasteiger partial charge on any atom is -0.370 e. The van der Waals surface area contributed by atoms with Crippen LogP contribution < -0.4 is 5.32 Å². The van der Waals surface area contributed by atoms with E-state index in [-0.39, 0.29) is 5.92 Å². The molecule has 1 aliphatic heterocycles. The number of rotatable bonds is 5. The first-order valence-electron chi connectivity index (χ1n) is 11.0. The SMILES string of the molecule is Brc1ccc(-n2nc(CC(c3ccccc3)c3ccccc3)c3c2NCCCC3)cc1. The molecule has 1 aliphatic rings. The lowest BCUT2D eigenvalue weighted by Gasteiger charge is -2.18. The first kappa shape index (κ1) is 20.1. The van der Waals surface area contributed by atoms with Crippen LogP contribution in [0.25, 0.3) is 5.69 Å². The van der Waals surface area contributed by atoms with Gasteiger partial charge in [0.2, 0.25) is 0 Å². The third-order valence-electron chi connectivity index (χ3n) is 6.09. The number of hydrogen-bond acceptors (Lipinski definition) is 2. The predicted molar refractivity (Wildman–Crippen MR) is 131 cm³/mol. The summed E-state index contributed by atoms with van der Waals surface area (Å²) in [5.41, 5.74) is 6.34. The fraction of sp³-hybridized carbons (Fsp3) is 0.222. The first-order valence-corrected chi connectivity index (χ1v) is 11.8. The molecule has 156 valence electrons. The Labute approximate surface area is 192 Å². The maximum atomic E-state index is 5.16. The Hall–Kier alpha value is -2.85. The van der Waals surface area contributed by atoms with Crippen LogP contribution in [0.1, 0.15) is 41.1 Å². The van der Waals surface area contributed by atoms with Crippen molar-refractivity contribution in [2.45, 2.75) is 31.6 Å². The molecule has 3 aromatic carbocycles. The summed E-state index contributed by atoms with van der Waals surface area (Å²) in [6, 6.07) is 30.1. The molecule has 3 nitrogen and oxygen atoms in total. The molecule has 2 heterocycles. The molecule has 1 aromatic heterocycles. The number of nitrogens with zero attached hydrogens (tertiary/aromatic N) is 2. The van der Waals surface area contributed by atoms with E-state index in [0.29, 0.717) is 0 Å². The van der Waals surface area contributed by atoms with E-state index in [9.17, 15) is 0 Å². The summed E-state index contributed by atoms with van der Waals surface area (Å²) in [5.74, 6) is 1.44. The van der Waals surface area contributed by atoms with E-state index in [2.05, 4.69) is 111 Å². The molecule has 0 atom stereocenters. The Morgan fingerprint density at radius 1 is 0.839 bits per heavy atom. The molecule has 4 heteroatoms. The number of nitrogens with one attached hydrogen (secondary N) is 1. The van der Waals surface area contributed by atoms with Crippen LogP contribution in [0.2, 0.25) is 0 Å². The van der Waals surface area contributed by atoms with Crippen LogP contribution in [0.3, 0.4) is 0 Å². The van der Waals surface area contributed by atoms with Gasteiger partial charge in [0.1, 0.15) is 5.82 Å². The summed E-state index contributed by atoms with van der Waals surface area (Å²) in [6.45, 7) is 0.995. The molecule has 0 amide bonds. The molecule has 1 N–H and O–H groups in total. The summed E-state index contributed by atoms with van der Waals surface area (Å²) in [5, 5.41) is 8.83. The average Bonchev–Trinajstić information content (AvgIpc) is 2.98. The lowest BCUT2D eigenvalue weighted by Crippen LogP contribution is -2.08. The molecule has 0 unspecified atom stereocenters. The van der Waals surface area contributed by atoms with Gasteiger partial charge in [0.05, 0.1) is 11.4 Å². The van der Waals surface area contributed by atoms with Gasteiger partial charge in [0.15, 0.2) is 0 Å². The highest BCUT2D eigenvalue weighted by molar-refractivity contribution is 9.10. The largest absolute Gasteiger partial charge is 0.370 e. The van der Waals surface area contributed by atoms with Crippen LogP contribution in [0.15, 0.2) is 89.4 Å². The molecule has 0 saturated carbocycles. The summed E-state index contributed by atoms with van der Waals surface area (Å²) in [4.78, 5) is 0. The second kappa shape index (κ2) is 9.11. The van der Waals surface area contributed by atoms with E-state index in [1.807, 2.05) is 0 Å². The van der Waals surface area contributed by atoms with Crippen molar-refractivity contribution in [2.75, 3.05) is 11.9 Å². The normalized spacial score (nSPS) is 13.5. The van der Waals surface area contributed by atoms with Crippen molar-refractivity contribution in [2.24, 2.45) is 0 Å². The van der Waals surface area contributed by atoms with Crippen molar-refractivity contribution < 1.29 is 0 Å². The quantitative estimate of drug-likeness (QED) is 0.348. The molecule has 31 heavy (non-hydrogen) atoms. The number of fused-ring (bicyclic) bond motifs is 1. The smallest absolute Gasteiger partial charge is 0.133 e. The molecule has 5 rings (SSSR count). The van der Waals surface area contributed by atoms with Gasteiger partial charge in [-0.2, -0.15) is 5.10 Å². The van der Waals surface area contributed by atoms with Crippen molar-refractivity contribution in [1.29, 1.82) is 0 Å².